The largest absolute Gasteiger partial charge is 0.376 e. The number of amides is 1. The van der Waals surface area contributed by atoms with Gasteiger partial charge in [-0.1, -0.05) is 30.3 Å². The minimum Gasteiger partial charge on any atom is -0.376 e. The molecule has 0 bridgehead atoms. The van der Waals surface area contributed by atoms with Crippen LogP contribution in [0.5, 0.6) is 0 Å². The average Bonchev–Trinajstić information content (AvgIpc) is 3.21. The lowest BCUT2D eigenvalue weighted by atomic mass is 10.1. The van der Waals surface area contributed by atoms with E-state index in [0.717, 1.165) is 19.4 Å². The van der Waals surface area contributed by atoms with Gasteiger partial charge in [-0.05, 0) is 37.1 Å². The summed E-state index contributed by atoms with van der Waals surface area (Å²) in [7, 11) is 0. The Labute approximate surface area is 156 Å². The Balaban J connectivity index is 1.64. The third-order valence-electron chi connectivity index (χ3n) is 4.76. The number of rotatable bonds is 5. The predicted molar refractivity (Wildman–Crippen MR) is 103 cm³/mol. The molecule has 4 rings (SSSR count). The van der Waals surface area contributed by atoms with Crippen molar-refractivity contribution in [2.75, 3.05) is 13.2 Å². The van der Waals surface area contributed by atoms with Gasteiger partial charge in [-0.2, -0.15) is 0 Å². The molecule has 2 aromatic carbocycles. The molecule has 1 N–H and O–H groups in total. The maximum Gasteiger partial charge on any atom is 0.258 e. The van der Waals surface area contributed by atoms with Gasteiger partial charge in [-0.15, -0.1) is 0 Å². The third-order valence-corrected chi connectivity index (χ3v) is 4.76. The summed E-state index contributed by atoms with van der Waals surface area (Å²) in [6, 6.07) is 16.3. The van der Waals surface area contributed by atoms with Crippen molar-refractivity contribution in [3.05, 3.63) is 76.3 Å². The average molecular weight is 363 g/mol. The molecule has 138 valence electrons. The summed E-state index contributed by atoms with van der Waals surface area (Å²) in [5.74, 6) is 0.378. The normalized spacial score (nSPS) is 16.5. The highest BCUT2D eigenvalue weighted by molar-refractivity contribution is 5.94. The first-order chi connectivity index (χ1) is 13.2. The Kier molecular flexibility index (Phi) is 4.98. The molecule has 0 saturated carbocycles. The standard InChI is InChI=1S/C21H21N3O3/c25-20-17-10-4-5-11-18(17)22-19(23-20)14-24(13-16-9-6-12-27-16)21(26)15-7-2-1-3-8-15/h1-5,7-8,10-11,16H,6,9,12-14H2,(H,22,23,25)/t16-/m1/s1. The van der Waals surface area contributed by atoms with Gasteiger partial charge >= 0.3 is 0 Å². The van der Waals surface area contributed by atoms with E-state index in [0.29, 0.717) is 28.8 Å². The van der Waals surface area contributed by atoms with Crippen LogP contribution in [-0.4, -0.2) is 40.0 Å². The van der Waals surface area contributed by atoms with Crippen LogP contribution < -0.4 is 5.56 Å². The molecule has 1 amide bonds. The fourth-order valence-corrected chi connectivity index (χ4v) is 3.41. The number of carbonyl (C=O) groups is 1. The molecule has 1 aliphatic rings. The zero-order chi connectivity index (χ0) is 18.6. The Hall–Kier alpha value is -2.99. The molecule has 1 saturated heterocycles. The highest BCUT2D eigenvalue weighted by atomic mass is 16.5. The topological polar surface area (TPSA) is 75.3 Å². The molecule has 0 aliphatic carbocycles. The van der Waals surface area contributed by atoms with Gasteiger partial charge in [0.2, 0.25) is 0 Å². The Morgan fingerprint density at radius 1 is 1.15 bits per heavy atom. The summed E-state index contributed by atoms with van der Waals surface area (Å²) in [4.78, 5) is 34.4. The molecule has 3 aromatic rings. The van der Waals surface area contributed by atoms with E-state index in [-0.39, 0.29) is 24.1 Å². The van der Waals surface area contributed by atoms with E-state index in [1.165, 1.54) is 0 Å². The van der Waals surface area contributed by atoms with E-state index in [1.807, 2.05) is 30.3 Å². The molecule has 0 unspecified atom stereocenters. The number of para-hydroxylation sites is 1. The molecule has 6 nitrogen and oxygen atoms in total. The number of nitrogens with zero attached hydrogens (tertiary/aromatic N) is 2. The fraction of sp³-hybridized carbons (Fsp3) is 0.286. The molecule has 1 aliphatic heterocycles. The fourth-order valence-electron chi connectivity index (χ4n) is 3.41. The van der Waals surface area contributed by atoms with Gasteiger partial charge in [0.15, 0.2) is 0 Å². The zero-order valence-electron chi connectivity index (χ0n) is 14.9. The lowest BCUT2D eigenvalue weighted by Crippen LogP contribution is -2.37. The quantitative estimate of drug-likeness (QED) is 0.756. The third kappa shape index (κ3) is 3.90. The maximum absolute atomic E-state index is 13.0. The van der Waals surface area contributed by atoms with E-state index in [2.05, 4.69) is 9.97 Å². The van der Waals surface area contributed by atoms with E-state index < -0.39 is 0 Å². The molecule has 2 heterocycles. The van der Waals surface area contributed by atoms with Crippen LogP contribution in [-0.2, 0) is 11.3 Å². The van der Waals surface area contributed by atoms with Gasteiger partial charge in [-0.3, -0.25) is 9.59 Å². The van der Waals surface area contributed by atoms with Gasteiger partial charge < -0.3 is 14.6 Å². The van der Waals surface area contributed by atoms with Crippen molar-refractivity contribution in [1.82, 2.24) is 14.9 Å². The van der Waals surface area contributed by atoms with Crippen LogP contribution in [0.1, 0.15) is 29.0 Å². The van der Waals surface area contributed by atoms with E-state index >= 15 is 0 Å². The number of hydrogen-bond donors (Lipinski definition) is 1. The maximum atomic E-state index is 13.0. The molecule has 27 heavy (non-hydrogen) atoms. The number of ether oxygens (including phenoxy) is 1. The molecule has 1 atom stereocenters. The van der Waals surface area contributed by atoms with Crippen LogP contribution in [0.4, 0.5) is 0 Å². The van der Waals surface area contributed by atoms with E-state index in [9.17, 15) is 9.59 Å². The van der Waals surface area contributed by atoms with Crippen molar-refractivity contribution in [1.29, 1.82) is 0 Å². The summed E-state index contributed by atoms with van der Waals surface area (Å²) in [6.45, 7) is 1.43. The Morgan fingerprint density at radius 3 is 2.70 bits per heavy atom. The van der Waals surface area contributed by atoms with Crippen LogP contribution in [0.25, 0.3) is 10.9 Å². The Bertz CT molecular complexity index is 994. The van der Waals surface area contributed by atoms with Gasteiger partial charge in [0.05, 0.1) is 23.6 Å². The lowest BCUT2D eigenvalue weighted by Gasteiger charge is -2.25. The second-order valence-electron chi connectivity index (χ2n) is 6.72. The summed E-state index contributed by atoms with van der Waals surface area (Å²) < 4.78 is 5.71. The predicted octanol–water partition coefficient (Wildman–Crippen LogP) is 2.74. The number of H-pyrrole nitrogens is 1. The molecule has 0 spiro atoms. The van der Waals surface area contributed by atoms with Crippen molar-refractivity contribution >= 4 is 16.8 Å². The van der Waals surface area contributed by atoms with Crippen molar-refractivity contribution in [2.45, 2.75) is 25.5 Å². The van der Waals surface area contributed by atoms with Crippen LogP contribution in [0.3, 0.4) is 0 Å². The van der Waals surface area contributed by atoms with E-state index in [1.54, 1.807) is 29.2 Å². The summed E-state index contributed by atoms with van der Waals surface area (Å²) >= 11 is 0. The lowest BCUT2D eigenvalue weighted by molar-refractivity contribution is 0.0501. The number of carbonyl (C=O) groups excluding carboxylic acids is 1. The van der Waals surface area contributed by atoms with Gasteiger partial charge in [-0.25, -0.2) is 4.98 Å². The molecule has 0 radical (unpaired) electrons. The number of aromatic amines is 1. The summed E-state index contributed by atoms with van der Waals surface area (Å²) in [6.07, 6.45) is 1.95. The number of nitrogens with one attached hydrogen (secondary N) is 1. The second kappa shape index (κ2) is 7.72. The van der Waals surface area contributed by atoms with Crippen LogP contribution in [0, 0.1) is 0 Å². The monoisotopic (exact) mass is 363 g/mol. The first-order valence-electron chi connectivity index (χ1n) is 9.14. The smallest absolute Gasteiger partial charge is 0.258 e. The number of aromatic nitrogens is 2. The SMILES string of the molecule is O=C(c1ccccc1)N(Cc1nc2ccccc2c(=O)[nH]1)C[C@H]1CCCO1. The van der Waals surface area contributed by atoms with E-state index in [4.69, 9.17) is 4.74 Å². The molecular weight excluding hydrogens is 342 g/mol. The van der Waals surface area contributed by atoms with Gasteiger partial charge in [0.25, 0.3) is 11.5 Å². The first-order valence-corrected chi connectivity index (χ1v) is 9.14. The van der Waals surface area contributed by atoms with Crippen LogP contribution in [0.15, 0.2) is 59.4 Å². The van der Waals surface area contributed by atoms with Crippen molar-refractivity contribution in [3.63, 3.8) is 0 Å². The Morgan fingerprint density at radius 2 is 1.93 bits per heavy atom. The van der Waals surface area contributed by atoms with Crippen molar-refractivity contribution < 1.29 is 9.53 Å². The number of benzene rings is 2. The molecular formula is C21H21N3O3. The molecule has 6 heteroatoms. The summed E-state index contributed by atoms with van der Waals surface area (Å²) in [5.41, 5.74) is 1.04. The number of hydrogen-bond acceptors (Lipinski definition) is 4. The zero-order valence-corrected chi connectivity index (χ0v) is 14.9. The molecule has 1 fully saturated rings. The summed E-state index contributed by atoms with van der Waals surface area (Å²) in [5, 5.41) is 0.543. The van der Waals surface area contributed by atoms with Crippen LogP contribution in [0.2, 0.25) is 0 Å². The van der Waals surface area contributed by atoms with Gasteiger partial charge in [0, 0.05) is 18.7 Å². The van der Waals surface area contributed by atoms with Crippen LogP contribution >= 0.6 is 0 Å². The first kappa shape index (κ1) is 17.4. The van der Waals surface area contributed by atoms with Gasteiger partial charge in [0.1, 0.15) is 5.82 Å². The highest BCUT2D eigenvalue weighted by Crippen LogP contribution is 2.17. The van der Waals surface area contributed by atoms with Crippen molar-refractivity contribution in [2.24, 2.45) is 0 Å². The minimum atomic E-state index is -0.195. The van der Waals surface area contributed by atoms with Crippen molar-refractivity contribution in [3.8, 4) is 0 Å². The second-order valence-corrected chi connectivity index (χ2v) is 6.72. The highest BCUT2D eigenvalue weighted by Gasteiger charge is 2.24. The minimum absolute atomic E-state index is 0.0184. The number of fused-ring (bicyclic) bond motifs is 1. The molecule has 1 aromatic heterocycles.